The summed E-state index contributed by atoms with van der Waals surface area (Å²) in [5, 5.41) is 22.0. The van der Waals surface area contributed by atoms with Gasteiger partial charge >= 0.3 is 11.9 Å². The van der Waals surface area contributed by atoms with Gasteiger partial charge in [-0.1, -0.05) is 0 Å². The number of rotatable bonds is 10. The molecule has 0 bridgehead atoms. The molecule has 9 nitrogen and oxygen atoms in total. The normalized spacial score (nSPS) is 13.2. The quantitative estimate of drug-likeness (QED) is 0.250. The lowest BCUT2D eigenvalue weighted by molar-refractivity contribution is -0.141. The number of hydrogen-bond acceptors (Lipinski definition) is 6. The highest BCUT2D eigenvalue weighted by atomic mass is 32.1. The third-order valence-corrected chi connectivity index (χ3v) is 2.66. The van der Waals surface area contributed by atoms with Gasteiger partial charge in [0.15, 0.2) is 0 Å². The number of nitrogens with two attached hydrogens (primary N) is 1. The first-order chi connectivity index (χ1) is 9.27. The highest BCUT2D eigenvalue weighted by Crippen LogP contribution is 2.01. The van der Waals surface area contributed by atoms with E-state index < -0.39 is 42.4 Å². The van der Waals surface area contributed by atoms with E-state index in [9.17, 15) is 19.2 Å². The van der Waals surface area contributed by atoms with Gasteiger partial charge in [0, 0.05) is 12.2 Å². The van der Waals surface area contributed by atoms with E-state index in [2.05, 4.69) is 23.3 Å². The van der Waals surface area contributed by atoms with Gasteiger partial charge < -0.3 is 21.3 Å². The minimum absolute atomic E-state index is 0.0359. The van der Waals surface area contributed by atoms with Crippen LogP contribution >= 0.6 is 12.6 Å². The predicted molar refractivity (Wildman–Crippen MR) is 71.3 cm³/mol. The van der Waals surface area contributed by atoms with Crippen LogP contribution in [0.15, 0.2) is 0 Å². The number of carbonyl (C=O) groups excluding carboxylic acids is 2. The fourth-order valence-corrected chi connectivity index (χ4v) is 1.58. The van der Waals surface area contributed by atoms with E-state index in [0.29, 0.717) is 0 Å². The van der Waals surface area contributed by atoms with Crippen molar-refractivity contribution < 1.29 is 29.4 Å². The summed E-state index contributed by atoms with van der Waals surface area (Å²) >= 11 is 3.90. The van der Waals surface area contributed by atoms with Crippen molar-refractivity contribution >= 4 is 36.4 Å². The van der Waals surface area contributed by atoms with E-state index in [1.807, 2.05) is 0 Å². The Labute approximate surface area is 120 Å². The highest BCUT2D eigenvalue weighted by Gasteiger charge is 2.25. The minimum Gasteiger partial charge on any atom is -0.480 e. The van der Waals surface area contributed by atoms with E-state index in [0.717, 1.165) is 0 Å². The molecule has 0 spiro atoms. The summed E-state index contributed by atoms with van der Waals surface area (Å²) in [5.74, 6) is -3.85. The van der Waals surface area contributed by atoms with E-state index in [-0.39, 0.29) is 18.6 Å². The maximum atomic E-state index is 11.6. The van der Waals surface area contributed by atoms with Gasteiger partial charge in [-0.25, -0.2) is 0 Å². The molecule has 0 saturated heterocycles. The van der Waals surface area contributed by atoms with Gasteiger partial charge in [-0.2, -0.15) is 12.6 Å². The molecule has 0 aromatic rings. The Hall–Kier alpha value is -1.81. The van der Waals surface area contributed by atoms with Crippen LogP contribution in [0.3, 0.4) is 0 Å². The van der Waals surface area contributed by atoms with Crippen molar-refractivity contribution in [2.24, 2.45) is 5.73 Å². The Morgan fingerprint density at radius 1 is 1.15 bits per heavy atom. The van der Waals surface area contributed by atoms with Crippen molar-refractivity contribution in [1.29, 1.82) is 0 Å². The van der Waals surface area contributed by atoms with Crippen LogP contribution in [-0.2, 0) is 19.2 Å². The first kappa shape index (κ1) is 18.2. The maximum absolute atomic E-state index is 11.6. The number of aliphatic carboxylic acids is 2. The van der Waals surface area contributed by atoms with Crippen LogP contribution in [0.2, 0.25) is 0 Å². The molecule has 0 aliphatic rings. The topological polar surface area (TPSA) is 159 Å². The number of carboxylic acid groups (broad SMARTS) is 2. The standard InChI is InChI=1S/C10H17N3O6S/c11-7(14)2-1-5(10(18)19)13-6(4-20)9(17)12-3-8(15)16/h5-6,13,20H,1-4H2,(H2,11,14)(H,12,17)(H,15,16)(H,18,19). The Bertz CT molecular complexity index is 389. The van der Waals surface area contributed by atoms with Crippen molar-refractivity contribution in [3.05, 3.63) is 0 Å². The molecule has 20 heavy (non-hydrogen) atoms. The van der Waals surface area contributed by atoms with Crippen molar-refractivity contribution in [1.82, 2.24) is 10.6 Å². The molecule has 2 amide bonds. The smallest absolute Gasteiger partial charge is 0.322 e. The average Bonchev–Trinajstić information content (AvgIpc) is 2.35. The zero-order valence-corrected chi connectivity index (χ0v) is 11.4. The summed E-state index contributed by atoms with van der Waals surface area (Å²) in [6.07, 6.45) is -0.235. The van der Waals surface area contributed by atoms with Crippen molar-refractivity contribution in [3.8, 4) is 0 Å². The number of thiol groups is 1. The molecule has 6 N–H and O–H groups in total. The molecule has 0 aromatic carbocycles. The van der Waals surface area contributed by atoms with Crippen LogP contribution < -0.4 is 16.4 Å². The molecule has 0 rings (SSSR count). The highest BCUT2D eigenvalue weighted by molar-refractivity contribution is 7.80. The van der Waals surface area contributed by atoms with E-state index in [4.69, 9.17) is 15.9 Å². The zero-order valence-electron chi connectivity index (χ0n) is 10.5. The largest absolute Gasteiger partial charge is 0.480 e. The summed E-state index contributed by atoms with van der Waals surface area (Å²) in [6.45, 7) is -0.580. The molecule has 0 aromatic heterocycles. The van der Waals surface area contributed by atoms with Crippen LogP contribution in [-0.4, -0.2) is 58.3 Å². The lowest BCUT2D eigenvalue weighted by Crippen LogP contribution is -2.52. The number of nitrogens with one attached hydrogen (secondary N) is 2. The average molecular weight is 307 g/mol. The first-order valence-corrected chi connectivity index (χ1v) is 6.28. The third-order valence-electron chi connectivity index (χ3n) is 2.29. The second-order valence-electron chi connectivity index (χ2n) is 3.91. The van der Waals surface area contributed by atoms with Gasteiger partial charge in [0.2, 0.25) is 11.8 Å². The lowest BCUT2D eigenvalue weighted by atomic mass is 10.1. The van der Waals surface area contributed by atoms with Crippen molar-refractivity contribution in [2.75, 3.05) is 12.3 Å². The predicted octanol–water partition coefficient (Wildman–Crippen LogP) is -2.21. The summed E-state index contributed by atoms with van der Waals surface area (Å²) in [6, 6.07) is -2.15. The fourth-order valence-electron chi connectivity index (χ4n) is 1.30. The molecule has 0 saturated carbocycles. The first-order valence-electron chi connectivity index (χ1n) is 5.65. The van der Waals surface area contributed by atoms with Crippen LogP contribution in [0.5, 0.6) is 0 Å². The summed E-state index contributed by atoms with van der Waals surface area (Å²) in [4.78, 5) is 43.5. The van der Waals surface area contributed by atoms with Crippen LogP contribution in [0, 0.1) is 0 Å². The maximum Gasteiger partial charge on any atom is 0.322 e. The van der Waals surface area contributed by atoms with Gasteiger partial charge in [-0.3, -0.25) is 24.5 Å². The second kappa shape index (κ2) is 9.15. The molecule has 0 heterocycles. The Morgan fingerprint density at radius 3 is 2.15 bits per heavy atom. The Kier molecular flexibility index (Phi) is 8.32. The van der Waals surface area contributed by atoms with Gasteiger partial charge in [0.05, 0.1) is 6.04 Å². The number of amides is 2. The van der Waals surface area contributed by atoms with E-state index >= 15 is 0 Å². The monoisotopic (exact) mass is 307 g/mol. The molecule has 10 heteroatoms. The number of carbonyl (C=O) groups is 4. The SMILES string of the molecule is NC(=O)CCC(NC(CS)C(=O)NCC(=O)O)C(=O)O. The van der Waals surface area contributed by atoms with Gasteiger partial charge in [-0.15, -0.1) is 0 Å². The van der Waals surface area contributed by atoms with Crippen molar-refractivity contribution in [3.63, 3.8) is 0 Å². The lowest BCUT2D eigenvalue weighted by Gasteiger charge is -2.20. The summed E-state index contributed by atoms with van der Waals surface area (Å²) < 4.78 is 0. The fraction of sp³-hybridized carbons (Fsp3) is 0.600. The molecule has 2 unspecified atom stereocenters. The number of primary amides is 1. The molecular weight excluding hydrogens is 290 g/mol. The van der Waals surface area contributed by atoms with Crippen LogP contribution in [0.4, 0.5) is 0 Å². The molecule has 0 aliphatic carbocycles. The van der Waals surface area contributed by atoms with Crippen LogP contribution in [0.25, 0.3) is 0 Å². The minimum atomic E-state index is -1.25. The summed E-state index contributed by atoms with van der Waals surface area (Å²) in [7, 11) is 0. The summed E-state index contributed by atoms with van der Waals surface area (Å²) in [5.41, 5.74) is 4.93. The van der Waals surface area contributed by atoms with Gasteiger partial charge in [0.25, 0.3) is 0 Å². The van der Waals surface area contributed by atoms with Crippen molar-refractivity contribution in [2.45, 2.75) is 24.9 Å². The second-order valence-corrected chi connectivity index (χ2v) is 4.27. The molecule has 2 atom stereocenters. The number of carboxylic acids is 2. The molecular formula is C10H17N3O6S. The zero-order chi connectivity index (χ0) is 15.7. The van der Waals surface area contributed by atoms with Gasteiger partial charge in [-0.05, 0) is 6.42 Å². The Balaban J connectivity index is 4.54. The van der Waals surface area contributed by atoms with E-state index in [1.165, 1.54) is 0 Å². The van der Waals surface area contributed by atoms with Crippen LogP contribution in [0.1, 0.15) is 12.8 Å². The number of hydrogen-bond donors (Lipinski definition) is 6. The molecule has 0 aliphatic heterocycles. The third kappa shape index (κ3) is 7.59. The van der Waals surface area contributed by atoms with E-state index in [1.54, 1.807) is 0 Å². The Morgan fingerprint density at radius 2 is 1.75 bits per heavy atom. The van der Waals surface area contributed by atoms with Gasteiger partial charge in [0.1, 0.15) is 12.6 Å². The molecule has 114 valence electrons. The molecule has 0 radical (unpaired) electrons. The molecule has 0 fully saturated rings.